The second-order valence-electron chi connectivity index (χ2n) is 6.46. The van der Waals surface area contributed by atoms with Crippen LogP contribution in [0.1, 0.15) is 16.4 Å². The van der Waals surface area contributed by atoms with E-state index >= 15 is 0 Å². The van der Waals surface area contributed by atoms with Gasteiger partial charge in [-0.05, 0) is 35.9 Å². The van der Waals surface area contributed by atoms with Gasteiger partial charge >= 0.3 is 0 Å². The zero-order valence-electron chi connectivity index (χ0n) is 15.3. The zero-order chi connectivity index (χ0) is 18.6. The molecule has 1 saturated heterocycles. The molecule has 2 aromatic rings. The molecule has 0 radical (unpaired) electrons. The molecule has 2 aliphatic heterocycles. The Balaban J connectivity index is 1.56. The first kappa shape index (κ1) is 17.9. The van der Waals surface area contributed by atoms with Crippen LogP contribution in [0.4, 0.5) is 5.69 Å². The quantitative estimate of drug-likeness (QED) is 0.876. The van der Waals surface area contributed by atoms with Crippen molar-refractivity contribution < 1.29 is 9.47 Å². The Hall–Kier alpha value is -2.44. The molecule has 0 spiro atoms. The lowest BCUT2D eigenvalue weighted by Crippen LogP contribution is -2.36. The molecule has 6 heteroatoms. The normalized spacial score (nSPS) is 20.0. The third-order valence-corrected chi connectivity index (χ3v) is 5.77. The minimum Gasteiger partial charge on any atom is -0.497 e. The molecule has 140 valence electrons. The highest BCUT2D eigenvalue weighted by molar-refractivity contribution is 8.14. The van der Waals surface area contributed by atoms with E-state index in [9.17, 15) is 0 Å². The fraction of sp³-hybridized carbons (Fsp3) is 0.286. The van der Waals surface area contributed by atoms with Crippen LogP contribution in [0.3, 0.4) is 0 Å². The lowest BCUT2D eigenvalue weighted by Gasteiger charge is -2.29. The molecule has 2 aliphatic rings. The molecule has 2 N–H and O–H groups in total. The fourth-order valence-corrected chi connectivity index (χ4v) is 4.17. The highest BCUT2D eigenvalue weighted by Crippen LogP contribution is 2.38. The van der Waals surface area contributed by atoms with Crippen molar-refractivity contribution in [2.45, 2.75) is 5.25 Å². The lowest BCUT2D eigenvalue weighted by molar-refractivity contribution is 0.122. The number of amidine groups is 1. The lowest BCUT2D eigenvalue weighted by atomic mass is 10.1. The first-order valence-electron chi connectivity index (χ1n) is 9.02. The largest absolute Gasteiger partial charge is 0.497 e. The van der Waals surface area contributed by atoms with Gasteiger partial charge in [0.15, 0.2) is 5.17 Å². The van der Waals surface area contributed by atoms with Crippen LogP contribution in [-0.4, -0.2) is 38.6 Å². The molecule has 1 atom stereocenters. The van der Waals surface area contributed by atoms with Crippen molar-refractivity contribution in [2.75, 3.05) is 38.3 Å². The molecule has 27 heavy (non-hydrogen) atoms. The smallest absolute Gasteiger partial charge is 0.160 e. The van der Waals surface area contributed by atoms with Crippen LogP contribution < -0.4 is 15.4 Å². The van der Waals surface area contributed by atoms with Crippen molar-refractivity contribution in [1.29, 1.82) is 0 Å². The number of ether oxygens (including phenoxy) is 2. The summed E-state index contributed by atoms with van der Waals surface area (Å²) in [7, 11) is 1.67. The van der Waals surface area contributed by atoms with Gasteiger partial charge in [0.05, 0.1) is 31.3 Å². The summed E-state index contributed by atoms with van der Waals surface area (Å²) in [6.45, 7) is 3.44. The number of hydrogen-bond acceptors (Lipinski definition) is 6. The first-order valence-corrected chi connectivity index (χ1v) is 9.90. The second kappa shape index (κ2) is 8.06. The van der Waals surface area contributed by atoms with Gasteiger partial charge in [0.2, 0.25) is 0 Å². The van der Waals surface area contributed by atoms with Crippen molar-refractivity contribution in [2.24, 2.45) is 10.7 Å². The predicted octanol–water partition coefficient (Wildman–Crippen LogP) is 3.68. The number of rotatable bonds is 4. The van der Waals surface area contributed by atoms with E-state index in [1.165, 1.54) is 11.3 Å². The molecule has 1 unspecified atom stereocenters. The van der Waals surface area contributed by atoms with Gasteiger partial charge in [0.25, 0.3) is 0 Å². The minimum absolute atomic E-state index is 0.141. The van der Waals surface area contributed by atoms with Crippen LogP contribution in [-0.2, 0) is 4.74 Å². The van der Waals surface area contributed by atoms with E-state index in [2.05, 4.69) is 52.4 Å². The molecule has 0 aromatic heterocycles. The summed E-state index contributed by atoms with van der Waals surface area (Å²) in [5, 5.41) is 0.730. The van der Waals surface area contributed by atoms with Crippen LogP contribution >= 0.6 is 11.8 Å². The number of morpholine rings is 1. The standard InChI is InChI=1S/C21H23N3O2S/c1-25-18-8-4-16(5-9-18)20-14-19(23-21(22)27-20)15-2-6-17(7-3-15)24-10-12-26-13-11-24/h2-9,14,20H,10-13H2,1H3,(H2,22,23). The maximum Gasteiger partial charge on any atom is 0.160 e. The zero-order valence-corrected chi connectivity index (χ0v) is 16.1. The number of hydrogen-bond donors (Lipinski definition) is 1. The van der Waals surface area contributed by atoms with E-state index in [0.29, 0.717) is 5.17 Å². The number of methoxy groups -OCH3 is 1. The average molecular weight is 382 g/mol. The van der Waals surface area contributed by atoms with Crippen LogP contribution in [0.2, 0.25) is 0 Å². The minimum atomic E-state index is 0.141. The summed E-state index contributed by atoms with van der Waals surface area (Å²) < 4.78 is 10.7. The molecular formula is C21H23N3O2S. The van der Waals surface area contributed by atoms with Gasteiger partial charge in [-0.15, -0.1) is 0 Å². The molecule has 0 bridgehead atoms. The van der Waals surface area contributed by atoms with Crippen molar-refractivity contribution in [3.63, 3.8) is 0 Å². The number of thioether (sulfide) groups is 1. The summed E-state index contributed by atoms with van der Waals surface area (Å²) in [4.78, 5) is 6.91. The molecule has 4 rings (SSSR count). The molecule has 2 aromatic carbocycles. The Morgan fingerprint density at radius 1 is 1.07 bits per heavy atom. The van der Waals surface area contributed by atoms with E-state index in [-0.39, 0.29) is 5.25 Å². The molecule has 2 heterocycles. The number of nitrogens with two attached hydrogens (primary N) is 1. The maximum atomic E-state index is 6.12. The molecule has 0 amide bonds. The number of aliphatic imine (C=N–C) groups is 1. The number of anilines is 1. The van der Waals surface area contributed by atoms with E-state index < -0.39 is 0 Å². The number of benzene rings is 2. The molecular weight excluding hydrogens is 358 g/mol. The van der Waals surface area contributed by atoms with Gasteiger partial charge in [-0.3, -0.25) is 0 Å². The topological polar surface area (TPSA) is 60.1 Å². The highest BCUT2D eigenvalue weighted by Gasteiger charge is 2.19. The summed E-state index contributed by atoms with van der Waals surface area (Å²) in [6.07, 6.45) is 2.17. The van der Waals surface area contributed by atoms with Crippen molar-refractivity contribution in [1.82, 2.24) is 0 Å². The average Bonchev–Trinajstić information content (AvgIpc) is 2.74. The highest BCUT2D eigenvalue weighted by atomic mass is 32.2. The number of nitrogens with zero attached hydrogens (tertiary/aromatic N) is 2. The summed E-state index contributed by atoms with van der Waals surface area (Å²) in [5.41, 5.74) is 10.5. The first-order chi connectivity index (χ1) is 13.2. The van der Waals surface area contributed by atoms with Crippen LogP contribution in [0.25, 0.3) is 5.70 Å². The Labute approximate surface area is 163 Å². The molecule has 5 nitrogen and oxygen atoms in total. The Bertz CT molecular complexity index is 841. The van der Waals surface area contributed by atoms with Gasteiger partial charge in [-0.25, -0.2) is 4.99 Å². The fourth-order valence-electron chi connectivity index (χ4n) is 3.27. The summed E-state index contributed by atoms with van der Waals surface area (Å²) >= 11 is 1.57. The Morgan fingerprint density at radius 2 is 1.78 bits per heavy atom. The van der Waals surface area contributed by atoms with Crippen LogP contribution in [0.5, 0.6) is 5.75 Å². The predicted molar refractivity (Wildman–Crippen MR) is 112 cm³/mol. The molecule has 0 saturated carbocycles. The Kier molecular flexibility index (Phi) is 5.36. The van der Waals surface area contributed by atoms with Crippen molar-refractivity contribution >= 4 is 28.3 Å². The summed E-state index contributed by atoms with van der Waals surface area (Å²) in [6, 6.07) is 16.6. The van der Waals surface area contributed by atoms with Crippen molar-refractivity contribution in [3.05, 3.63) is 65.7 Å². The van der Waals surface area contributed by atoms with E-state index in [1.807, 2.05) is 12.1 Å². The Morgan fingerprint density at radius 3 is 2.44 bits per heavy atom. The van der Waals surface area contributed by atoms with Gasteiger partial charge < -0.3 is 20.1 Å². The van der Waals surface area contributed by atoms with Gasteiger partial charge in [-0.2, -0.15) is 0 Å². The molecule has 0 aliphatic carbocycles. The van der Waals surface area contributed by atoms with Crippen LogP contribution in [0.15, 0.2) is 59.6 Å². The third-order valence-electron chi connectivity index (χ3n) is 4.77. The monoisotopic (exact) mass is 381 g/mol. The van der Waals surface area contributed by atoms with Gasteiger partial charge in [0, 0.05) is 24.3 Å². The van der Waals surface area contributed by atoms with E-state index in [4.69, 9.17) is 15.2 Å². The summed E-state index contributed by atoms with van der Waals surface area (Å²) in [5.74, 6) is 0.851. The van der Waals surface area contributed by atoms with Crippen LogP contribution in [0, 0.1) is 0 Å². The van der Waals surface area contributed by atoms with Crippen molar-refractivity contribution in [3.8, 4) is 5.75 Å². The second-order valence-corrected chi connectivity index (χ2v) is 7.62. The SMILES string of the molecule is COc1ccc(C2C=C(c3ccc(N4CCOCC4)cc3)N=C(N)S2)cc1. The van der Waals surface area contributed by atoms with E-state index in [1.54, 1.807) is 18.9 Å². The molecule has 1 fully saturated rings. The van der Waals surface area contributed by atoms with Gasteiger partial charge in [-0.1, -0.05) is 36.0 Å². The third kappa shape index (κ3) is 4.12. The maximum absolute atomic E-state index is 6.12. The van der Waals surface area contributed by atoms with Gasteiger partial charge in [0.1, 0.15) is 5.75 Å². The van der Waals surface area contributed by atoms with E-state index in [0.717, 1.165) is 43.3 Å².